The number of nitrogens with zero attached hydrogens (tertiary/aromatic N) is 2. The van der Waals surface area contributed by atoms with Crippen LogP contribution in [-0.4, -0.2) is 68.6 Å². The van der Waals surface area contributed by atoms with Gasteiger partial charge >= 0.3 is 11.9 Å². The van der Waals surface area contributed by atoms with E-state index in [4.69, 9.17) is 19.1 Å². The van der Waals surface area contributed by atoms with Crippen LogP contribution in [0.5, 0.6) is 0 Å². The standard InChI is InChI=1S/C36H68N2O6/c1-13-17-19-27(15-3)43-37-33(5,6)23-29(24-34(37,7)8)41-31(39)21-22-32(40)42-30-25-35(9,10)38(36(11,12)26-30)44-28(16-4)20-18-14-2/h27-30H,13-26H2,1-12H3. The lowest BCUT2D eigenvalue weighted by Gasteiger charge is -2.54. The Kier molecular flexibility index (Phi) is 14.7. The van der Waals surface area contributed by atoms with Crippen LogP contribution < -0.4 is 0 Å². The molecule has 0 N–H and O–H groups in total. The second-order valence-corrected chi connectivity index (χ2v) is 15.9. The molecule has 0 bridgehead atoms. The van der Waals surface area contributed by atoms with E-state index >= 15 is 0 Å². The van der Waals surface area contributed by atoms with E-state index in [0.717, 1.165) is 51.4 Å². The number of esters is 2. The molecule has 0 aromatic rings. The Morgan fingerprint density at radius 3 is 1.14 bits per heavy atom. The topological polar surface area (TPSA) is 77.5 Å². The van der Waals surface area contributed by atoms with E-state index in [2.05, 4.69) is 93.2 Å². The fourth-order valence-corrected chi connectivity index (χ4v) is 7.60. The minimum Gasteiger partial charge on any atom is -0.462 e. The summed E-state index contributed by atoms with van der Waals surface area (Å²) in [6, 6.07) is 0. The number of hydrogen-bond acceptors (Lipinski definition) is 8. The molecule has 258 valence electrons. The van der Waals surface area contributed by atoms with Crippen molar-refractivity contribution in [3.63, 3.8) is 0 Å². The second kappa shape index (κ2) is 16.6. The van der Waals surface area contributed by atoms with E-state index in [9.17, 15) is 9.59 Å². The van der Waals surface area contributed by atoms with Crippen molar-refractivity contribution in [3.05, 3.63) is 0 Å². The van der Waals surface area contributed by atoms with Gasteiger partial charge in [0.25, 0.3) is 0 Å². The normalized spacial score (nSPS) is 23.6. The van der Waals surface area contributed by atoms with Crippen LogP contribution in [0.25, 0.3) is 0 Å². The van der Waals surface area contributed by atoms with Crippen molar-refractivity contribution in [3.8, 4) is 0 Å². The molecule has 2 fully saturated rings. The number of carbonyl (C=O) groups is 2. The molecular formula is C36H68N2O6. The van der Waals surface area contributed by atoms with Gasteiger partial charge in [0.2, 0.25) is 0 Å². The maximum Gasteiger partial charge on any atom is 0.306 e. The highest BCUT2D eigenvalue weighted by atomic mass is 16.7. The lowest BCUT2D eigenvalue weighted by Crippen LogP contribution is -2.63. The maximum absolute atomic E-state index is 12.9. The zero-order valence-electron chi connectivity index (χ0n) is 30.6. The highest BCUT2D eigenvalue weighted by Gasteiger charge is 2.50. The molecule has 8 heteroatoms. The van der Waals surface area contributed by atoms with Gasteiger partial charge in [-0.2, -0.15) is 10.1 Å². The Morgan fingerprint density at radius 2 is 0.886 bits per heavy atom. The predicted molar refractivity (Wildman–Crippen MR) is 177 cm³/mol. The fraction of sp³-hybridized carbons (Fsp3) is 0.944. The Balaban J connectivity index is 1.90. The number of hydrogen-bond donors (Lipinski definition) is 0. The first-order chi connectivity index (χ1) is 20.4. The number of rotatable bonds is 17. The van der Waals surface area contributed by atoms with Gasteiger partial charge in [0.05, 0.1) is 25.0 Å². The van der Waals surface area contributed by atoms with E-state index < -0.39 is 0 Å². The molecule has 2 heterocycles. The maximum atomic E-state index is 12.9. The van der Waals surface area contributed by atoms with Gasteiger partial charge in [0, 0.05) is 47.8 Å². The van der Waals surface area contributed by atoms with E-state index in [0.29, 0.717) is 25.7 Å². The van der Waals surface area contributed by atoms with Crippen LogP contribution in [0.1, 0.15) is 173 Å². The van der Waals surface area contributed by atoms with Gasteiger partial charge in [0.1, 0.15) is 12.2 Å². The third-order valence-electron chi connectivity index (χ3n) is 9.42. The lowest BCUT2D eigenvalue weighted by molar-refractivity contribution is -0.316. The summed E-state index contributed by atoms with van der Waals surface area (Å²) in [7, 11) is 0. The van der Waals surface area contributed by atoms with Crippen molar-refractivity contribution < 1.29 is 28.7 Å². The molecule has 0 radical (unpaired) electrons. The molecule has 44 heavy (non-hydrogen) atoms. The monoisotopic (exact) mass is 625 g/mol. The fourth-order valence-electron chi connectivity index (χ4n) is 7.60. The smallest absolute Gasteiger partial charge is 0.306 e. The molecule has 8 nitrogen and oxygen atoms in total. The number of hydroxylamine groups is 4. The van der Waals surface area contributed by atoms with Crippen LogP contribution in [0, 0.1) is 0 Å². The SMILES string of the molecule is CCCCC(CC)ON1C(C)(C)CC(OC(=O)CCC(=O)OC2CC(C)(C)N(OC(CC)CCCC)C(C)(C)C2)CC1(C)C. The number of ether oxygens (including phenoxy) is 2. The Bertz CT molecular complexity index is 793. The van der Waals surface area contributed by atoms with Crippen molar-refractivity contribution >= 4 is 11.9 Å². The van der Waals surface area contributed by atoms with Gasteiger partial charge < -0.3 is 9.47 Å². The van der Waals surface area contributed by atoms with Crippen LogP contribution in [0.3, 0.4) is 0 Å². The van der Waals surface area contributed by atoms with Gasteiger partial charge in [0.15, 0.2) is 0 Å². The summed E-state index contributed by atoms with van der Waals surface area (Å²) in [6.07, 6.45) is 11.3. The van der Waals surface area contributed by atoms with Gasteiger partial charge in [-0.3, -0.25) is 19.3 Å². The summed E-state index contributed by atoms with van der Waals surface area (Å²) < 4.78 is 11.9. The first kappa shape index (κ1) is 39.0. The Labute approximate surface area is 270 Å². The van der Waals surface area contributed by atoms with Crippen molar-refractivity contribution in [1.29, 1.82) is 0 Å². The molecule has 0 spiro atoms. The van der Waals surface area contributed by atoms with Crippen molar-refractivity contribution in [1.82, 2.24) is 10.1 Å². The molecule has 0 saturated carbocycles. The summed E-state index contributed by atoms with van der Waals surface area (Å²) >= 11 is 0. The highest BCUT2D eigenvalue weighted by Crippen LogP contribution is 2.42. The van der Waals surface area contributed by atoms with Crippen molar-refractivity contribution in [2.24, 2.45) is 0 Å². The summed E-state index contributed by atoms with van der Waals surface area (Å²) in [6.45, 7) is 26.0. The van der Waals surface area contributed by atoms with Gasteiger partial charge in [-0.05, 0) is 81.1 Å². The molecule has 0 aromatic carbocycles. The van der Waals surface area contributed by atoms with Crippen molar-refractivity contribution in [2.75, 3.05) is 0 Å². The van der Waals surface area contributed by atoms with E-state index in [1.54, 1.807) is 0 Å². The molecular weight excluding hydrogens is 556 g/mol. The van der Waals surface area contributed by atoms with Crippen LogP contribution in [0.15, 0.2) is 0 Å². The molecule has 0 amide bonds. The number of carbonyl (C=O) groups excluding carboxylic acids is 2. The lowest BCUT2D eigenvalue weighted by atomic mass is 9.80. The first-order valence-electron chi connectivity index (χ1n) is 17.7. The zero-order chi connectivity index (χ0) is 33.3. The van der Waals surface area contributed by atoms with Crippen LogP contribution in [-0.2, 0) is 28.7 Å². The summed E-state index contributed by atoms with van der Waals surface area (Å²) in [5.41, 5.74) is -1.18. The minimum absolute atomic E-state index is 0.0235. The molecule has 2 aliphatic heterocycles. The molecule has 2 atom stereocenters. The average molecular weight is 625 g/mol. The van der Waals surface area contributed by atoms with Gasteiger partial charge in [-0.15, -0.1) is 0 Å². The van der Waals surface area contributed by atoms with E-state index in [-0.39, 0.29) is 71.4 Å². The molecule has 2 saturated heterocycles. The summed E-state index contributed by atoms with van der Waals surface area (Å²) in [4.78, 5) is 39.0. The molecule has 2 unspecified atom stereocenters. The summed E-state index contributed by atoms with van der Waals surface area (Å²) in [5, 5.41) is 4.30. The van der Waals surface area contributed by atoms with Crippen LogP contribution in [0.4, 0.5) is 0 Å². The minimum atomic E-state index is -0.344. The number of unbranched alkanes of at least 4 members (excludes halogenated alkanes) is 2. The summed E-state index contributed by atoms with van der Waals surface area (Å²) in [5.74, 6) is -0.687. The molecule has 2 aliphatic rings. The number of piperidine rings is 2. The quantitative estimate of drug-likeness (QED) is 0.149. The van der Waals surface area contributed by atoms with E-state index in [1.165, 1.54) is 0 Å². The highest BCUT2D eigenvalue weighted by molar-refractivity contribution is 5.77. The third-order valence-corrected chi connectivity index (χ3v) is 9.42. The van der Waals surface area contributed by atoms with Crippen LogP contribution >= 0.6 is 0 Å². The molecule has 2 rings (SSSR count). The average Bonchev–Trinajstić information content (AvgIpc) is 2.89. The Hall–Kier alpha value is -1.22. The molecule has 0 aromatic heterocycles. The zero-order valence-corrected chi connectivity index (χ0v) is 30.6. The first-order valence-corrected chi connectivity index (χ1v) is 17.7. The van der Waals surface area contributed by atoms with Crippen molar-refractivity contribution in [2.45, 2.75) is 220 Å². The largest absolute Gasteiger partial charge is 0.462 e. The van der Waals surface area contributed by atoms with Gasteiger partial charge in [-0.25, -0.2) is 0 Å². The van der Waals surface area contributed by atoms with Gasteiger partial charge in [-0.1, -0.05) is 53.4 Å². The molecule has 0 aliphatic carbocycles. The second-order valence-electron chi connectivity index (χ2n) is 15.9. The van der Waals surface area contributed by atoms with E-state index in [1.807, 2.05) is 0 Å². The predicted octanol–water partition coefficient (Wildman–Crippen LogP) is 8.70. The third kappa shape index (κ3) is 11.2. The Morgan fingerprint density at radius 1 is 0.591 bits per heavy atom. The van der Waals surface area contributed by atoms with Crippen LogP contribution in [0.2, 0.25) is 0 Å².